The number of rotatable bonds is 5. The van der Waals surface area contributed by atoms with Crippen molar-refractivity contribution in [3.8, 4) is 0 Å². The van der Waals surface area contributed by atoms with Crippen molar-refractivity contribution in [2.24, 2.45) is 0 Å². The second-order valence-corrected chi connectivity index (χ2v) is 9.55. The van der Waals surface area contributed by atoms with Crippen molar-refractivity contribution >= 4 is 43.0 Å². The van der Waals surface area contributed by atoms with Gasteiger partial charge in [0.05, 0.1) is 15.3 Å². The van der Waals surface area contributed by atoms with Crippen molar-refractivity contribution in [1.29, 1.82) is 0 Å². The summed E-state index contributed by atoms with van der Waals surface area (Å²) in [5.41, 5.74) is 0. The second-order valence-electron chi connectivity index (χ2n) is 4.78. The molecule has 1 aliphatic rings. The maximum atomic E-state index is 11.8. The number of hydrogen-bond acceptors (Lipinski definition) is 5. The Balaban J connectivity index is 1.70. The van der Waals surface area contributed by atoms with Crippen LogP contribution in [0.4, 0.5) is 0 Å². The molecule has 20 heavy (non-hydrogen) atoms. The molecule has 8 heteroatoms. The second kappa shape index (κ2) is 7.02. The van der Waals surface area contributed by atoms with Crippen LogP contribution >= 0.6 is 27.3 Å². The van der Waals surface area contributed by atoms with Crippen molar-refractivity contribution in [3.05, 3.63) is 20.8 Å². The molecule has 2 rings (SSSR count). The zero-order valence-electron chi connectivity index (χ0n) is 10.9. The Labute approximate surface area is 131 Å². The number of halogens is 1. The highest BCUT2D eigenvalue weighted by molar-refractivity contribution is 9.11. The minimum atomic E-state index is -2.98. The summed E-state index contributed by atoms with van der Waals surface area (Å²) in [6.45, 7) is 1.01. The number of thiophene rings is 1. The van der Waals surface area contributed by atoms with Gasteiger partial charge in [-0.25, -0.2) is 8.42 Å². The molecule has 1 atom stereocenters. The lowest BCUT2D eigenvalue weighted by atomic mass is 10.2. The summed E-state index contributed by atoms with van der Waals surface area (Å²) in [7, 11) is -2.98. The molecule has 1 unspecified atom stereocenters. The summed E-state index contributed by atoms with van der Waals surface area (Å²) in [4.78, 5) is 13.0. The Kier molecular flexibility index (Phi) is 5.59. The largest absolute Gasteiger partial charge is 0.356 e. The van der Waals surface area contributed by atoms with Gasteiger partial charge in [-0.2, -0.15) is 0 Å². The lowest BCUT2D eigenvalue weighted by Gasteiger charge is -2.23. The van der Waals surface area contributed by atoms with Crippen molar-refractivity contribution in [1.82, 2.24) is 10.6 Å². The van der Waals surface area contributed by atoms with E-state index in [-0.39, 0.29) is 29.9 Å². The highest BCUT2D eigenvalue weighted by atomic mass is 79.9. The van der Waals surface area contributed by atoms with Gasteiger partial charge < -0.3 is 10.6 Å². The monoisotopic (exact) mass is 380 g/mol. The van der Waals surface area contributed by atoms with E-state index in [0.717, 1.165) is 10.2 Å². The number of amides is 1. The predicted molar refractivity (Wildman–Crippen MR) is 83.8 cm³/mol. The molecule has 2 N–H and O–H groups in total. The van der Waals surface area contributed by atoms with E-state index in [1.807, 2.05) is 12.1 Å². The number of nitrogens with one attached hydrogen (secondary N) is 2. The molecular weight excluding hydrogens is 364 g/mol. The van der Waals surface area contributed by atoms with E-state index in [1.165, 1.54) is 4.88 Å². The summed E-state index contributed by atoms with van der Waals surface area (Å²) in [5, 5.41) is 5.91. The van der Waals surface area contributed by atoms with Gasteiger partial charge in [0.1, 0.15) is 0 Å². The number of carbonyl (C=O) groups is 1. The van der Waals surface area contributed by atoms with E-state index in [4.69, 9.17) is 0 Å². The van der Waals surface area contributed by atoms with E-state index in [9.17, 15) is 13.2 Å². The summed E-state index contributed by atoms with van der Waals surface area (Å²) in [5.74, 6) is 0.117. The van der Waals surface area contributed by atoms with Gasteiger partial charge in [0.25, 0.3) is 0 Å². The lowest BCUT2D eigenvalue weighted by Crippen LogP contribution is -2.47. The predicted octanol–water partition coefficient (Wildman–Crippen LogP) is 0.946. The normalized spacial score (nSPS) is 21.6. The van der Waals surface area contributed by atoms with Gasteiger partial charge >= 0.3 is 0 Å². The molecule has 0 aromatic carbocycles. The standard InChI is InChI=1S/C12H17BrN2O3S2/c13-11-2-1-10(19-11)3-4-15-12(16)7-9-8-20(17,18)6-5-14-9/h1-2,9,14H,3-8H2,(H,15,16). The van der Waals surface area contributed by atoms with E-state index in [1.54, 1.807) is 11.3 Å². The van der Waals surface area contributed by atoms with Gasteiger partial charge in [-0.1, -0.05) is 0 Å². The zero-order chi connectivity index (χ0) is 14.6. The molecule has 1 fully saturated rings. The third kappa shape index (κ3) is 5.16. The SMILES string of the molecule is O=C(CC1CS(=O)(=O)CCN1)NCCc1ccc(Br)s1. The van der Waals surface area contributed by atoms with Crippen LogP contribution in [0.5, 0.6) is 0 Å². The highest BCUT2D eigenvalue weighted by Crippen LogP contribution is 2.22. The quantitative estimate of drug-likeness (QED) is 0.796. The lowest BCUT2D eigenvalue weighted by molar-refractivity contribution is -0.121. The molecule has 5 nitrogen and oxygen atoms in total. The number of hydrogen-bond donors (Lipinski definition) is 2. The maximum Gasteiger partial charge on any atom is 0.221 e. The van der Waals surface area contributed by atoms with Crippen molar-refractivity contribution in [3.63, 3.8) is 0 Å². The molecule has 1 amide bonds. The minimum absolute atomic E-state index is 0.0539. The van der Waals surface area contributed by atoms with Crippen LogP contribution in [-0.2, 0) is 21.1 Å². The Morgan fingerprint density at radius 3 is 2.95 bits per heavy atom. The Hall–Kier alpha value is -0.440. The number of carbonyl (C=O) groups excluding carboxylic acids is 1. The molecule has 1 aliphatic heterocycles. The van der Waals surface area contributed by atoms with E-state index >= 15 is 0 Å². The molecule has 0 saturated carbocycles. The van der Waals surface area contributed by atoms with Crippen LogP contribution in [0.1, 0.15) is 11.3 Å². The van der Waals surface area contributed by atoms with Crippen LogP contribution in [0.2, 0.25) is 0 Å². The molecule has 1 aromatic rings. The van der Waals surface area contributed by atoms with Gasteiger partial charge in [0.15, 0.2) is 9.84 Å². The van der Waals surface area contributed by atoms with Gasteiger partial charge in [-0.05, 0) is 34.5 Å². The van der Waals surface area contributed by atoms with Gasteiger partial charge in [-0.15, -0.1) is 11.3 Å². The van der Waals surface area contributed by atoms with Crippen LogP contribution in [0.3, 0.4) is 0 Å². The van der Waals surface area contributed by atoms with Gasteiger partial charge in [-0.3, -0.25) is 4.79 Å². The van der Waals surface area contributed by atoms with Crippen LogP contribution in [0, 0.1) is 0 Å². The molecule has 1 saturated heterocycles. The van der Waals surface area contributed by atoms with Gasteiger partial charge in [0.2, 0.25) is 5.91 Å². The fourth-order valence-corrected chi connectivity index (χ4v) is 5.03. The minimum Gasteiger partial charge on any atom is -0.356 e. The Bertz CT molecular complexity index is 571. The fourth-order valence-electron chi connectivity index (χ4n) is 2.11. The molecule has 1 aromatic heterocycles. The molecule has 112 valence electrons. The molecule has 0 spiro atoms. The topological polar surface area (TPSA) is 75.3 Å². The Morgan fingerprint density at radius 2 is 2.30 bits per heavy atom. The van der Waals surface area contributed by atoms with Crippen molar-refractivity contribution < 1.29 is 13.2 Å². The van der Waals surface area contributed by atoms with Crippen molar-refractivity contribution in [2.45, 2.75) is 18.9 Å². The molecule has 2 heterocycles. The summed E-state index contributed by atoms with van der Waals surface area (Å²) in [6, 6.07) is 3.75. The van der Waals surface area contributed by atoms with Gasteiger partial charge in [0, 0.05) is 30.4 Å². The van der Waals surface area contributed by atoms with E-state index in [2.05, 4.69) is 26.6 Å². The third-order valence-corrected chi connectivity index (χ3v) is 6.48. The average Bonchev–Trinajstić information content (AvgIpc) is 2.73. The molecule has 0 bridgehead atoms. The summed E-state index contributed by atoms with van der Waals surface area (Å²) < 4.78 is 24.0. The first kappa shape index (κ1) is 15.9. The summed E-state index contributed by atoms with van der Waals surface area (Å²) in [6.07, 6.45) is 1.01. The molecule has 0 radical (unpaired) electrons. The third-order valence-electron chi connectivity index (χ3n) is 3.06. The van der Waals surface area contributed by atoms with Crippen molar-refractivity contribution in [2.75, 3.05) is 24.6 Å². The van der Waals surface area contributed by atoms with Crippen LogP contribution in [0.15, 0.2) is 15.9 Å². The van der Waals surface area contributed by atoms with E-state index in [0.29, 0.717) is 13.1 Å². The summed E-state index contributed by atoms with van der Waals surface area (Å²) >= 11 is 5.04. The first-order valence-corrected chi connectivity index (χ1v) is 9.82. The smallest absolute Gasteiger partial charge is 0.221 e. The van der Waals surface area contributed by atoms with E-state index < -0.39 is 9.84 Å². The van der Waals surface area contributed by atoms with Crippen LogP contribution < -0.4 is 10.6 Å². The first-order chi connectivity index (χ1) is 9.44. The average molecular weight is 381 g/mol. The zero-order valence-corrected chi connectivity index (χ0v) is 14.1. The Morgan fingerprint density at radius 1 is 1.50 bits per heavy atom. The first-order valence-electron chi connectivity index (χ1n) is 6.39. The maximum absolute atomic E-state index is 11.8. The van der Waals surface area contributed by atoms with Crippen LogP contribution in [-0.4, -0.2) is 45.0 Å². The fraction of sp³-hybridized carbons (Fsp3) is 0.583. The highest BCUT2D eigenvalue weighted by Gasteiger charge is 2.25. The number of sulfone groups is 1. The molecule has 0 aliphatic carbocycles. The molecular formula is C12H17BrN2O3S2. The van der Waals surface area contributed by atoms with Crippen LogP contribution in [0.25, 0.3) is 0 Å².